The highest BCUT2D eigenvalue weighted by Gasteiger charge is 2.26. The topological polar surface area (TPSA) is 105 Å². The molecular formula is C19H18FNO6. The molecule has 0 unspecified atom stereocenters. The molecule has 0 saturated heterocycles. The van der Waals surface area contributed by atoms with Crippen LogP contribution in [0.3, 0.4) is 0 Å². The van der Waals surface area contributed by atoms with Crippen molar-refractivity contribution in [3.05, 3.63) is 72.1 Å². The number of anilines is 1. The second kappa shape index (κ2) is 9.35. The van der Waals surface area contributed by atoms with Gasteiger partial charge in [-0.3, -0.25) is 5.32 Å². The van der Waals surface area contributed by atoms with E-state index in [2.05, 4.69) is 5.32 Å². The van der Waals surface area contributed by atoms with E-state index in [0.29, 0.717) is 5.69 Å². The Bertz CT molecular complexity index is 824. The number of carbonyl (C=O) groups is 2. The molecule has 0 saturated carbocycles. The molecule has 2 rings (SSSR count). The first-order chi connectivity index (χ1) is 12.9. The smallest absolute Gasteiger partial charge is 0.412 e. The number of methoxy groups -OCH3 is 1. The number of phenols is 1. The van der Waals surface area contributed by atoms with Gasteiger partial charge in [-0.05, 0) is 35.9 Å². The van der Waals surface area contributed by atoms with Gasteiger partial charge >= 0.3 is 12.1 Å². The van der Waals surface area contributed by atoms with Gasteiger partial charge in [0.05, 0.1) is 0 Å². The van der Waals surface area contributed by atoms with Crippen molar-refractivity contribution in [2.75, 3.05) is 12.4 Å². The predicted molar refractivity (Wildman–Crippen MR) is 94.9 cm³/mol. The van der Waals surface area contributed by atoms with Crippen LogP contribution in [0.15, 0.2) is 60.7 Å². The summed E-state index contributed by atoms with van der Waals surface area (Å²) in [5.41, 5.74) is 0.656. The van der Waals surface area contributed by atoms with Crippen molar-refractivity contribution in [1.82, 2.24) is 0 Å². The van der Waals surface area contributed by atoms with E-state index >= 15 is 0 Å². The van der Waals surface area contributed by atoms with E-state index in [1.165, 1.54) is 19.3 Å². The van der Waals surface area contributed by atoms with Gasteiger partial charge in [-0.25, -0.2) is 14.0 Å². The molecule has 2 aromatic carbocycles. The number of hydrogen-bond acceptors (Lipinski definition) is 5. The highest BCUT2D eigenvalue weighted by Crippen LogP contribution is 2.28. The number of carboxylic acids is 1. The number of aromatic hydroxyl groups is 1. The Morgan fingerprint density at radius 1 is 1.19 bits per heavy atom. The maximum atomic E-state index is 13.7. The van der Waals surface area contributed by atoms with Crippen LogP contribution in [0.5, 0.6) is 5.75 Å². The minimum atomic E-state index is -1.22. The number of aliphatic carboxylic acids is 1. The second-order valence-electron chi connectivity index (χ2n) is 5.43. The van der Waals surface area contributed by atoms with Crippen LogP contribution in [0.1, 0.15) is 11.7 Å². The number of carbonyl (C=O) groups excluding carboxylic acids is 1. The molecule has 2 atom stereocenters. The van der Waals surface area contributed by atoms with Crippen LogP contribution >= 0.6 is 0 Å². The van der Waals surface area contributed by atoms with Crippen LogP contribution in [-0.2, 0) is 14.3 Å². The summed E-state index contributed by atoms with van der Waals surface area (Å²) in [4.78, 5) is 23.0. The molecule has 142 valence electrons. The van der Waals surface area contributed by atoms with Crippen molar-refractivity contribution in [2.45, 2.75) is 12.2 Å². The molecule has 0 fully saturated rings. The molecule has 0 aliphatic carbocycles. The SMILES string of the molecule is CO[C@H](/C=C/C(=O)O)[C@H](OC(=O)Nc1ccccc1)c1ccc(O)c(F)c1. The molecule has 0 heterocycles. The first kappa shape index (κ1) is 19.9. The quantitative estimate of drug-likeness (QED) is 0.640. The Morgan fingerprint density at radius 3 is 2.48 bits per heavy atom. The van der Waals surface area contributed by atoms with Gasteiger partial charge in [-0.15, -0.1) is 0 Å². The summed E-state index contributed by atoms with van der Waals surface area (Å²) in [6.07, 6.45) is -1.01. The first-order valence-corrected chi connectivity index (χ1v) is 7.85. The van der Waals surface area contributed by atoms with Crippen LogP contribution in [0, 0.1) is 5.82 Å². The maximum Gasteiger partial charge on any atom is 0.412 e. The summed E-state index contributed by atoms with van der Waals surface area (Å²) >= 11 is 0. The Labute approximate surface area is 154 Å². The molecular weight excluding hydrogens is 357 g/mol. The molecule has 2 aromatic rings. The standard InChI is InChI=1S/C19H18FNO6/c1-26-16(9-10-17(23)24)18(12-7-8-15(22)14(20)11-12)27-19(25)21-13-5-3-2-4-6-13/h2-11,16,18,22H,1H3,(H,21,25)(H,23,24)/b10-9+/t16-,18-/m1/s1. The lowest BCUT2D eigenvalue weighted by Crippen LogP contribution is -2.27. The summed E-state index contributed by atoms with van der Waals surface area (Å²) in [7, 11) is 1.29. The third kappa shape index (κ3) is 5.82. The van der Waals surface area contributed by atoms with Gasteiger partial charge in [0.25, 0.3) is 0 Å². The van der Waals surface area contributed by atoms with Gasteiger partial charge < -0.3 is 19.7 Å². The van der Waals surface area contributed by atoms with Crippen molar-refractivity contribution in [2.24, 2.45) is 0 Å². The number of carboxylic acid groups (broad SMARTS) is 1. The van der Waals surface area contributed by atoms with E-state index in [9.17, 15) is 19.1 Å². The fraction of sp³-hybridized carbons (Fsp3) is 0.158. The average molecular weight is 375 g/mol. The van der Waals surface area contributed by atoms with Crippen molar-refractivity contribution in [3.8, 4) is 5.75 Å². The van der Waals surface area contributed by atoms with Crippen molar-refractivity contribution < 1.29 is 33.7 Å². The van der Waals surface area contributed by atoms with E-state index in [-0.39, 0.29) is 5.56 Å². The van der Waals surface area contributed by atoms with Crippen LogP contribution in [-0.4, -0.2) is 35.5 Å². The zero-order valence-electron chi connectivity index (χ0n) is 14.3. The van der Waals surface area contributed by atoms with Gasteiger partial charge in [-0.1, -0.05) is 24.3 Å². The van der Waals surface area contributed by atoms with Crippen molar-refractivity contribution >= 4 is 17.7 Å². The van der Waals surface area contributed by atoms with Crippen LogP contribution in [0.4, 0.5) is 14.9 Å². The Hall–Kier alpha value is -3.39. The third-order valence-electron chi connectivity index (χ3n) is 3.55. The maximum absolute atomic E-state index is 13.7. The Morgan fingerprint density at radius 2 is 1.89 bits per heavy atom. The van der Waals surface area contributed by atoms with Crippen molar-refractivity contribution in [3.63, 3.8) is 0 Å². The normalized spacial score (nSPS) is 13.1. The number of halogens is 1. The number of para-hydroxylation sites is 1. The lowest BCUT2D eigenvalue weighted by atomic mass is 10.0. The summed E-state index contributed by atoms with van der Waals surface area (Å²) in [6.45, 7) is 0. The number of nitrogens with one attached hydrogen (secondary N) is 1. The molecule has 0 aliphatic rings. The zero-order valence-corrected chi connectivity index (χ0v) is 14.3. The summed E-state index contributed by atoms with van der Waals surface area (Å²) in [6, 6.07) is 11.9. The minimum absolute atomic E-state index is 0.176. The van der Waals surface area contributed by atoms with E-state index in [4.69, 9.17) is 14.6 Å². The van der Waals surface area contributed by atoms with E-state index < -0.39 is 35.8 Å². The summed E-state index contributed by atoms with van der Waals surface area (Å²) in [5.74, 6) is -2.70. The monoisotopic (exact) mass is 375 g/mol. The van der Waals surface area contributed by atoms with Crippen LogP contribution < -0.4 is 5.32 Å². The number of rotatable bonds is 7. The second-order valence-corrected chi connectivity index (χ2v) is 5.43. The third-order valence-corrected chi connectivity index (χ3v) is 3.55. The average Bonchev–Trinajstić information content (AvgIpc) is 2.64. The molecule has 27 heavy (non-hydrogen) atoms. The summed E-state index contributed by atoms with van der Waals surface area (Å²) in [5, 5.41) is 20.7. The van der Waals surface area contributed by atoms with Crippen LogP contribution in [0.2, 0.25) is 0 Å². The molecule has 8 heteroatoms. The zero-order chi connectivity index (χ0) is 19.8. The number of ether oxygens (including phenoxy) is 2. The molecule has 7 nitrogen and oxygen atoms in total. The summed E-state index contributed by atoms with van der Waals surface area (Å²) < 4.78 is 24.3. The van der Waals surface area contributed by atoms with Gasteiger partial charge in [0.2, 0.25) is 0 Å². The molecule has 3 N–H and O–H groups in total. The number of benzene rings is 2. The predicted octanol–water partition coefficient (Wildman–Crippen LogP) is 3.48. The number of hydrogen-bond donors (Lipinski definition) is 3. The van der Waals surface area contributed by atoms with E-state index in [1.54, 1.807) is 30.3 Å². The minimum Gasteiger partial charge on any atom is -0.505 e. The Kier molecular flexibility index (Phi) is 6.90. The lowest BCUT2D eigenvalue weighted by Gasteiger charge is -2.24. The Balaban J connectivity index is 2.28. The molecule has 0 aromatic heterocycles. The highest BCUT2D eigenvalue weighted by atomic mass is 19.1. The number of amides is 1. The fourth-order valence-electron chi connectivity index (χ4n) is 2.29. The fourth-order valence-corrected chi connectivity index (χ4v) is 2.29. The lowest BCUT2D eigenvalue weighted by molar-refractivity contribution is -0.131. The molecule has 1 amide bonds. The molecule has 0 bridgehead atoms. The van der Waals surface area contributed by atoms with Gasteiger partial charge in [0, 0.05) is 18.9 Å². The highest BCUT2D eigenvalue weighted by molar-refractivity contribution is 5.84. The number of phenolic OH excluding ortho intramolecular Hbond substituents is 1. The first-order valence-electron chi connectivity index (χ1n) is 7.85. The largest absolute Gasteiger partial charge is 0.505 e. The van der Waals surface area contributed by atoms with Crippen LogP contribution in [0.25, 0.3) is 0 Å². The van der Waals surface area contributed by atoms with Gasteiger partial charge in [0.1, 0.15) is 6.10 Å². The van der Waals surface area contributed by atoms with Gasteiger partial charge in [-0.2, -0.15) is 0 Å². The molecule has 0 spiro atoms. The van der Waals surface area contributed by atoms with Crippen molar-refractivity contribution in [1.29, 1.82) is 0 Å². The van der Waals surface area contributed by atoms with E-state index in [0.717, 1.165) is 18.2 Å². The van der Waals surface area contributed by atoms with E-state index in [1.807, 2.05) is 0 Å². The molecule has 0 radical (unpaired) electrons. The molecule has 0 aliphatic heterocycles. The van der Waals surface area contributed by atoms with Gasteiger partial charge in [0.15, 0.2) is 17.7 Å².